The molecule has 6 heteroatoms. The van der Waals surface area contributed by atoms with Gasteiger partial charge in [0.2, 0.25) is 11.8 Å². The van der Waals surface area contributed by atoms with Gasteiger partial charge in [0, 0.05) is 10.6 Å². The summed E-state index contributed by atoms with van der Waals surface area (Å²) in [7, 11) is 0. The Morgan fingerprint density at radius 1 is 1.16 bits per heavy atom. The maximum Gasteiger partial charge on any atom is 0.261 e. The van der Waals surface area contributed by atoms with Crippen LogP contribution in [-0.2, 0) is 16.0 Å². The first-order valence-corrected chi connectivity index (χ1v) is 8.31. The third-order valence-electron chi connectivity index (χ3n) is 4.18. The highest BCUT2D eigenvalue weighted by Crippen LogP contribution is 2.20. The van der Waals surface area contributed by atoms with E-state index in [1.165, 1.54) is 0 Å². The van der Waals surface area contributed by atoms with Gasteiger partial charge in [-0.05, 0) is 36.2 Å². The predicted molar refractivity (Wildman–Crippen MR) is 94.2 cm³/mol. The molecule has 0 radical (unpaired) electrons. The summed E-state index contributed by atoms with van der Waals surface area (Å²) in [5, 5.41) is 3.42. The molecule has 1 aliphatic heterocycles. The summed E-state index contributed by atoms with van der Waals surface area (Å²) < 4.78 is 0. The SMILES string of the molecule is C[C@H](NC(=O)CN1C(=O)Cc2ccccc2C1=O)c1ccc(Cl)cc1. The van der Waals surface area contributed by atoms with Crippen molar-refractivity contribution >= 4 is 29.3 Å². The first kappa shape index (κ1) is 17.2. The number of benzene rings is 2. The lowest BCUT2D eigenvalue weighted by atomic mass is 9.98. The Morgan fingerprint density at radius 3 is 2.56 bits per heavy atom. The molecule has 0 aliphatic carbocycles. The number of carbonyl (C=O) groups is 3. The van der Waals surface area contributed by atoms with E-state index in [-0.39, 0.29) is 30.8 Å². The van der Waals surface area contributed by atoms with E-state index in [9.17, 15) is 14.4 Å². The van der Waals surface area contributed by atoms with Crippen molar-refractivity contribution in [2.24, 2.45) is 0 Å². The van der Waals surface area contributed by atoms with Gasteiger partial charge < -0.3 is 5.32 Å². The molecule has 128 valence electrons. The number of halogens is 1. The molecule has 1 atom stereocenters. The molecule has 5 nitrogen and oxygen atoms in total. The zero-order chi connectivity index (χ0) is 18.0. The number of nitrogens with one attached hydrogen (secondary N) is 1. The number of amides is 3. The van der Waals surface area contributed by atoms with Gasteiger partial charge in [-0.1, -0.05) is 41.9 Å². The highest BCUT2D eigenvalue weighted by Gasteiger charge is 2.32. The summed E-state index contributed by atoms with van der Waals surface area (Å²) in [5.41, 5.74) is 2.06. The minimum Gasteiger partial charge on any atom is -0.348 e. The molecule has 0 saturated carbocycles. The van der Waals surface area contributed by atoms with Crippen LogP contribution in [0.2, 0.25) is 5.02 Å². The van der Waals surface area contributed by atoms with E-state index in [0.29, 0.717) is 16.1 Å². The lowest BCUT2D eigenvalue weighted by Gasteiger charge is -2.26. The average molecular weight is 357 g/mol. The van der Waals surface area contributed by atoms with Crippen molar-refractivity contribution in [3.63, 3.8) is 0 Å². The number of imide groups is 1. The number of rotatable bonds is 4. The first-order chi connectivity index (χ1) is 12.0. The summed E-state index contributed by atoms with van der Waals surface area (Å²) >= 11 is 5.86. The molecule has 0 spiro atoms. The highest BCUT2D eigenvalue weighted by molar-refractivity contribution is 6.30. The van der Waals surface area contributed by atoms with Gasteiger partial charge >= 0.3 is 0 Å². The Bertz CT molecular complexity index is 833. The van der Waals surface area contributed by atoms with Gasteiger partial charge in [0.25, 0.3) is 5.91 Å². The molecule has 2 aromatic rings. The summed E-state index contributed by atoms with van der Waals surface area (Å²) in [4.78, 5) is 38.0. The second-order valence-electron chi connectivity index (χ2n) is 5.96. The fraction of sp³-hybridized carbons (Fsp3) is 0.211. The highest BCUT2D eigenvalue weighted by atomic mass is 35.5. The molecular weight excluding hydrogens is 340 g/mol. The first-order valence-electron chi connectivity index (χ1n) is 7.93. The van der Waals surface area contributed by atoms with E-state index < -0.39 is 5.91 Å². The van der Waals surface area contributed by atoms with E-state index in [1.54, 1.807) is 36.4 Å². The molecule has 1 heterocycles. The number of hydrogen-bond acceptors (Lipinski definition) is 3. The quantitative estimate of drug-likeness (QED) is 0.856. The topological polar surface area (TPSA) is 66.5 Å². The van der Waals surface area contributed by atoms with Gasteiger partial charge in [0.1, 0.15) is 6.54 Å². The Balaban J connectivity index is 1.67. The molecule has 0 fully saturated rings. The van der Waals surface area contributed by atoms with Crippen molar-refractivity contribution in [3.05, 3.63) is 70.2 Å². The molecule has 0 aromatic heterocycles. The molecule has 3 rings (SSSR count). The van der Waals surface area contributed by atoms with Crippen molar-refractivity contribution in [1.29, 1.82) is 0 Å². The van der Waals surface area contributed by atoms with Gasteiger partial charge in [0.15, 0.2) is 0 Å². The molecule has 2 aromatic carbocycles. The minimum absolute atomic E-state index is 0.127. The third-order valence-corrected chi connectivity index (χ3v) is 4.44. The average Bonchev–Trinajstić information content (AvgIpc) is 2.59. The molecule has 1 N–H and O–H groups in total. The number of nitrogens with zero attached hydrogens (tertiary/aromatic N) is 1. The lowest BCUT2D eigenvalue weighted by Crippen LogP contribution is -2.47. The van der Waals surface area contributed by atoms with E-state index in [0.717, 1.165) is 10.5 Å². The smallest absolute Gasteiger partial charge is 0.261 e. The molecule has 0 saturated heterocycles. The Morgan fingerprint density at radius 2 is 1.84 bits per heavy atom. The zero-order valence-electron chi connectivity index (χ0n) is 13.7. The Hall–Kier alpha value is -2.66. The summed E-state index contributed by atoms with van der Waals surface area (Å²) in [6, 6.07) is 13.8. The number of fused-ring (bicyclic) bond motifs is 1. The minimum atomic E-state index is -0.429. The van der Waals surface area contributed by atoms with Crippen LogP contribution in [0.5, 0.6) is 0 Å². The maximum absolute atomic E-state index is 12.5. The lowest BCUT2D eigenvalue weighted by molar-refractivity contribution is -0.133. The van der Waals surface area contributed by atoms with Crippen molar-refractivity contribution in [2.45, 2.75) is 19.4 Å². The van der Waals surface area contributed by atoms with Crippen LogP contribution in [0, 0.1) is 0 Å². The van der Waals surface area contributed by atoms with Crippen LogP contribution in [0.25, 0.3) is 0 Å². The van der Waals surface area contributed by atoms with E-state index in [2.05, 4.69) is 5.32 Å². The molecular formula is C19H17ClN2O3. The molecule has 0 unspecified atom stereocenters. The van der Waals surface area contributed by atoms with Crippen molar-refractivity contribution in [2.75, 3.05) is 6.54 Å². The normalized spacial score (nSPS) is 14.9. The van der Waals surface area contributed by atoms with E-state index in [1.807, 2.05) is 19.1 Å². The molecule has 25 heavy (non-hydrogen) atoms. The largest absolute Gasteiger partial charge is 0.348 e. The monoisotopic (exact) mass is 356 g/mol. The van der Waals surface area contributed by atoms with Gasteiger partial charge in [-0.2, -0.15) is 0 Å². The van der Waals surface area contributed by atoms with Gasteiger partial charge in [-0.15, -0.1) is 0 Å². The second-order valence-corrected chi connectivity index (χ2v) is 6.40. The van der Waals surface area contributed by atoms with Crippen molar-refractivity contribution < 1.29 is 14.4 Å². The molecule has 0 bridgehead atoms. The van der Waals surface area contributed by atoms with Gasteiger partial charge in [-0.25, -0.2) is 0 Å². The number of hydrogen-bond donors (Lipinski definition) is 1. The summed E-state index contributed by atoms with van der Waals surface area (Å²) in [5.74, 6) is -1.18. The summed E-state index contributed by atoms with van der Waals surface area (Å²) in [6.45, 7) is 1.54. The molecule has 1 aliphatic rings. The molecule has 3 amide bonds. The van der Waals surface area contributed by atoms with Crippen LogP contribution in [-0.4, -0.2) is 29.2 Å². The van der Waals surface area contributed by atoms with Gasteiger partial charge in [0.05, 0.1) is 12.5 Å². The van der Waals surface area contributed by atoms with Crippen LogP contribution in [0.15, 0.2) is 48.5 Å². The predicted octanol–water partition coefficient (Wildman–Crippen LogP) is 2.74. The standard InChI is InChI=1S/C19H17ClN2O3/c1-12(13-6-8-15(20)9-7-13)21-17(23)11-22-18(24)10-14-4-2-3-5-16(14)19(22)25/h2-9,12H,10-11H2,1H3,(H,21,23)/t12-/m0/s1. The fourth-order valence-corrected chi connectivity index (χ4v) is 2.95. The Labute approximate surface area is 150 Å². The van der Waals surface area contributed by atoms with Gasteiger partial charge in [-0.3, -0.25) is 19.3 Å². The van der Waals surface area contributed by atoms with E-state index in [4.69, 9.17) is 11.6 Å². The maximum atomic E-state index is 12.5. The second kappa shape index (κ2) is 7.07. The third kappa shape index (κ3) is 3.72. The summed E-state index contributed by atoms with van der Waals surface area (Å²) in [6.07, 6.45) is 0.127. The number of carbonyl (C=O) groups excluding carboxylic acids is 3. The zero-order valence-corrected chi connectivity index (χ0v) is 14.4. The Kier molecular flexibility index (Phi) is 4.86. The van der Waals surface area contributed by atoms with Crippen LogP contribution >= 0.6 is 11.6 Å². The van der Waals surface area contributed by atoms with Crippen LogP contribution in [0.4, 0.5) is 0 Å². The fourth-order valence-electron chi connectivity index (χ4n) is 2.83. The van der Waals surface area contributed by atoms with Crippen molar-refractivity contribution in [1.82, 2.24) is 10.2 Å². The van der Waals surface area contributed by atoms with E-state index >= 15 is 0 Å². The van der Waals surface area contributed by atoms with Crippen molar-refractivity contribution in [3.8, 4) is 0 Å². The van der Waals surface area contributed by atoms with Crippen LogP contribution < -0.4 is 5.32 Å². The van der Waals surface area contributed by atoms with Crippen LogP contribution in [0.3, 0.4) is 0 Å². The van der Waals surface area contributed by atoms with Crippen LogP contribution in [0.1, 0.15) is 34.5 Å².